The molecule has 1 saturated heterocycles. The van der Waals surface area contributed by atoms with Gasteiger partial charge in [0.15, 0.2) is 0 Å². The Balaban J connectivity index is 2.20. The Kier molecular flexibility index (Phi) is 5.45. The molecule has 14 heavy (non-hydrogen) atoms. The minimum absolute atomic E-state index is 0.193. The van der Waals surface area contributed by atoms with Crippen LogP contribution < -0.4 is 10.6 Å². The molecule has 1 heterocycles. The summed E-state index contributed by atoms with van der Waals surface area (Å²) in [6.07, 6.45) is 4.39. The molecule has 0 saturated carbocycles. The molecule has 0 aliphatic carbocycles. The van der Waals surface area contributed by atoms with E-state index in [4.69, 9.17) is 0 Å². The van der Waals surface area contributed by atoms with E-state index in [1.165, 1.54) is 19.3 Å². The van der Waals surface area contributed by atoms with Gasteiger partial charge in [-0.1, -0.05) is 0 Å². The van der Waals surface area contributed by atoms with Crippen LogP contribution in [0.15, 0.2) is 0 Å². The van der Waals surface area contributed by atoms with E-state index in [1.807, 2.05) is 6.92 Å². The van der Waals surface area contributed by atoms with Crippen molar-refractivity contribution in [3.05, 3.63) is 0 Å². The van der Waals surface area contributed by atoms with E-state index in [1.54, 1.807) is 0 Å². The fraction of sp³-hybridized carbons (Fsp3) is 1.00. The van der Waals surface area contributed by atoms with Crippen LogP contribution in [0.2, 0.25) is 0 Å². The highest BCUT2D eigenvalue weighted by Gasteiger charge is 2.14. The lowest BCUT2D eigenvalue weighted by molar-refractivity contribution is 0.167. The van der Waals surface area contributed by atoms with E-state index in [9.17, 15) is 5.11 Å². The van der Waals surface area contributed by atoms with Crippen LogP contribution in [0.25, 0.3) is 0 Å². The van der Waals surface area contributed by atoms with E-state index < -0.39 is 0 Å². The second kappa shape index (κ2) is 6.38. The number of hydrogen-bond acceptors (Lipinski definition) is 3. The van der Waals surface area contributed by atoms with Crippen molar-refractivity contribution in [3.63, 3.8) is 0 Å². The Morgan fingerprint density at radius 2 is 2.14 bits per heavy atom. The normalized spacial score (nSPS) is 28.1. The van der Waals surface area contributed by atoms with E-state index in [-0.39, 0.29) is 6.10 Å². The van der Waals surface area contributed by atoms with E-state index >= 15 is 0 Å². The topological polar surface area (TPSA) is 44.3 Å². The summed E-state index contributed by atoms with van der Waals surface area (Å²) in [6.45, 7) is 6.29. The molecular formula is C11H24N2O. The Morgan fingerprint density at radius 3 is 2.86 bits per heavy atom. The Morgan fingerprint density at radius 1 is 1.36 bits per heavy atom. The number of hydrogen-bond donors (Lipinski definition) is 3. The van der Waals surface area contributed by atoms with Crippen molar-refractivity contribution in [1.82, 2.24) is 10.6 Å². The van der Waals surface area contributed by atoms with Gasteiger partial charge in [-0.05, 0) is 52.6 Å². The van der Waals surface area contributed by atoms with Crippen molar-refractivity contribution < 1.29 is 5.11 Å². The largest absolute Gasteiger partial charge is 0.393 e. The summed E-state index contributed by atoms with van der Waals surface area (Å²) < 4.78 is 0. The molecule has 0 spiro atoms. The lowest BCUT2D eigenvalue weighted by Crippen LogP contribution is -2.38. The predicted octanol–water partition coefficient (Wildman–Crippen LogP) is 0.878. The molecule has 0 bridgehead atoms. The number of aliphatic hydroxyl groups excluding tert-OH is 1. The van der Waals surface area contributed by atoms with Gasteiger partial charge in [0.1, 0.15) is 0 Å². The highest BCUT2D eigenvalue weighted by atomic mass is 16.3. The third-order valence-electron chi connectivity index (χ3n) is 2.79. The molecule has 1 rings (SSSR count). The van der Waals surface area contributed by atoms with Crippen LogP contribution in [0.4, 0.5) is 0 Å². The van der Waals surface area contributed by atoms with Gasteiger partial charge < -0.3 is 15.7 Å². The van der Waals surface area contributed by atoms with Gasteiger partial charge in [-0.25, -0.2) is 0 Å². The van der Waals surface area contributed by atoms with Gasteiger partial charge in [0.05, 0.1) is 6.10 Å². The maximum atomic E-state index is 9.26. The fourth-order valence-corrected chi connectivity index (χ4v) is 2.17. The molecule has 1 aliphatic heterocycles. The van der Waals surface area contributed by atoms with E-state index in [0.717, 1.165) is 19.5 Å². The smallest absolute Gasteiger partial charge is 0.0526 e. The van der Waals surface area contributed by atoms with Gasteiger partial charge in [0, 0.05) is 12.1 Å². The van der Waals surface area contributed by atoms with Crippen molar-refractivity contribution >= 4 is 0 Å². The summed E-state index contributed by atoms with van der Waals surface area (Å²) in [6, 6.07) is 1.07. The zero-order valence-electron chi connectivity index (χ0n) is 9.42. The van der Waals surface area contributed by atoms with Crippen LogP contribution in [-0.4, -0.2) is 36.4 Å². The highest BCUT2D eigenvalue weighted by molar-refractivity contribution is 4.76. The van der Waals surface area contributed by atoms with Gasteiger partial charge in [-0.15, -0.1) is 0 Å². The van der Waals surface area contributed by atoms with Crippen LogP contribution in [0, 0.1) is 0 Å². The van der Waals surface area contributed by atoms with Crippen LogP contribution in [0.5, 0.6) is 0 Å². The molecule has 0 aromatic carbocycles. The SMILES string of the molecule is CC(O)CC(C)NC1CCCNCC1. The molecule has 0 amide bonds. The molecule has 1 fully saturated rings. The number of nitrogens with one attached hydrogen (secondary N) is 2. The van der Waals surface area contributed by atoms with Gasteiger partial charge in [-0.2, -0.15) is 0 Å². The van der Waals surface area contributed by atoms with Crippen molar-refractivity contribution in [2.75, 3.05) is 13.1 Å². The maximum absolute atomic E-state index is 9.26. The molecule has 3 heteroatoms. The zero-order valence-corrected chi connectivity index (χ0v) is 9.42. The molecule has 0 aromatic rings. The summed E-state index contributed by atoms with van der Waals surface area (Å²) in [4.78, 5) is 0. The van der Waals surface area contributed by atoms with Crippen LogP contribution >= 0.6 is 0 Å². The standard InChI is InChI=1S/C11H24N2O/c1-9(8-10(2)14)13-11-4-3-6-12-7-5-11/h9-14H,3-8H2,1-2H3. The van der Waals surface area contributed by atoms with Gasteiger partial charge >= 0.3 is 0 Å². The Labute approximate surface area is 87.3 Å². The van der Waals surface area contributed by atoms with Gasteiger partial charge in [0.2, 0.25) is 0 Å². The maximum Gasteiger partial charge on any atom is 0.0526 e. The fourth-order valence-electron chi connectivity index (χ4n) is 2.17. The highest BCUT2D eigenvalue weighted by Crippen LogP contribution is 2.07. The summed E-state index contributed by atoms with van der Waals surface area (Å²) in [5.74, 6) is 0. The lowest BCUT2D eigenvalue weighted by atomic mass is 10.1. The zero-order chi connectivity index (χ0) is 10.4. The van der Waals surface area contributed by atoms with Crippen molar-refractivity contribution in [2.24, 2.45) is 0 Å². The van der Waals surface area contributed by atoms with Crippen molar-refractivity contribution in [1.29, 1.82) is 0 Å². The van der Waals surface area contributed by atoms with Crippen molar-refractivity contribution in [3.8, 4) is 0 Å². The third-order valence-corrected chi connectivity index (χ3v) is 2.79. The first-order valence-corrected chi connectivity index (χ1v) is 5.83. The number of rotatable bonds is 4. The molecule has 3 atom stereocenters. The quantitative estimate of drug-likeness (QED) is 0.631. The van der Waals surface area contributed by atoms with Gasteiger partial charge in [0.25, 0.3) is 0 Å². The van der Waals surface area contributed by atoms with Crippen LogP contribution in [0.3, 0.4) is 0 Å². The average Bonchev–Trinajstić information content (AvgIpc) is 2.31. The molecule has 0 aromatic heterocycles. The van der Waals surface area contributed by atoms with E-state index in [0.29, 0.717) is 12.1 Å². The minimum Gasteiger partial charge on any atom is -0.393 e. The molecule has 0 radical (unpaired) electrons. The molecular weight excluding hydrogens is 176 g/mol. The average molecular weight is 200 g/mol. The van der Waals surface area contributed by atoms with Crippen LogP contribution in [0.1, 0.15) is 39.5 Å². The summed E-state index contributed by atoms with van der Waals surface area (Å²) >= 11 is 0. The number of aliphatic hydroxyl groups is 1. The molecule has 84 valence electrons. The lowest BCUT2D eigenvalue weighted by Gasteiger charge is -2.22. The second-order valence-electron chi connectivity index (χ2n) is 4.53. The molecule has 3 unspecified atom stereocenters. The van der Waals surface area contributed by atoms with E-state index in [2.05, 4.69) is 17.6 Å². The first-order valence-electron chi connectivity index (χ1n) is 5.83. The second-order valence-corrected chi connectivity index (χ2v) is 4.53. The summed E-state index contributed by atoms with van der Waals surface area (Å²) in [7, 11) is 0. The molecule has 3 N–H and O–H groups in total. The van der Waals surface area contributed by atoms with Crippen LogP contribution in [-0.2, 0) is 0 Å². The van der Waals surface area contributed by atoms with Gasteiger partial charge in [-0.3, -0.25) is 0 Å². The summed E-state index contributed by atoms with van der Waals surface area (Å²) in [5.41, 5.74) is 0. The Hall–Kier alpha value is -0.120. The van der Waals surface area contributed by atoms with Crippen molar-refractivity contribution in [2.45, 2.75) is 57.7 Å². The Bertz CT molecular complexity index is 142. The molecule has 1 aliphatic rings. The molecule has 3 nitrogen and oxygen atoms in total. The monoisotopic (exact) mass is 200 g/mol. The predicted molar refractivity (Wildman–Crippen MR) is 59.4 cm³/mol. The first kappa shape index (κ1) is 12.0. The third kappa shape index (κ3) is 4.94. The minimum atomic E-state index is -0.193. The first-order chi connectivity index (χ1) is 6.68. The summed E-state index contributed by atoms with van der Waals surface area (Å²) in [5, 5.41) is 16.2.